The van der Waals surface area contributed by atoms with E-state index in [4.69, 9.17) is 0 Å². The molecule has 104 valence electrons. The molecule has 1 aliphatic rings. The molecular weight excluding hydrogens is 256 g/mol. The van der Waals surface area contributed by atoms with E-state index in [1.807, 2.05) is 17.8 Å². The molecule has 6 nitrogen and oxygen atoms in total. The number of aromatic nitrogens is 2. The summed E-state index contributed by atoms with van der Waals surface area (Å²) in [5.74, 6) is 0. The van der Waals surface area contributed by atoms with Gasteiger partial charge in [-0.1, -0.05) is 6.08 Å². The van der Waals surface area contributed by atoms with Crippen LogP contribution in [0.2, 0.25) is 0 Å². The first-order chi connectivity index (χ1) is 9.59. The first kappa shape index (κ1) is 12.8. The predicted octanol–water partition coefficient (Wildman–Crippen LogP) is 2.17. The van der Waals surface area contributed by atoms with E-state index in [1.165, 1.54) is 11.8 Å². The van der Waals surface area contributed by atoms with E-state index in [0.717, 1.165) is 36.1 Å². The maximum Gasteiger partial charge on any atom is 0.291 e. The third-order valence-corrected chi connectivity index (χ3v) is 3.82. The monoisotopic (exact) mass is 272 g/mol. The molecule has 0 bridgehead atoms. The highest BCUT2D eigenvalue weighted by molar-refractivity contribution is 5.95. The highest BCUT2D eigenvalue weighted by Gasteiger charge is 2.21. The average Bonchev–Trinajstić information content (AvgIpc) is 2.78. The summed E-state index contributed by atoms with van der Waals surface area (Å²) in [7, 11) is 1.92. The topological polar surface area (TPSA) is 73.0 Å². The smallest absolute Gasteiger partial charge is 0.291 e. The third kappa shape index (κ3) is 1.89. The van der Waals surface area contributed by atoms with Crippen LogP contribution in [0.1, 0.15) is 17.5 Å². The van der Waals surface area contributed by atoms with Gasteiger partial charge in [-0.15, -0.1) is 0 Å². The standard InChI is InChI=1S/C14H16N4O2/c1-9-12(18(19)20)7-16-14-13(9)11(8-17(14)2)10-3-5-15-6-4-10/h3,7-8,15H,4-6H2,1-2H3. The van der Waals surface area contributed by atoms with Gasteiger partial charge in [0.05, 0.1) is 4.92 Å². The largest absolute Gasteiger partial charge is 0.335 e. The minimum atomic E-state index is -0.366. The Morgan fingerprint density at radius 2 is 2.30 bits per heavy atom. The van der Waals surface area contributed by atoms with Crippen molar-refractivity contribution in [2.45, 2.75) is 13.3 Å². The average molecular weight is 272 g/mol. The molecule has 0 spiro atoms. The summed E-state index contributed by atoms with van der Waals surface area (Å²) in [5, 5.41) is 15.3. The van der Waals surface area contributed by atoms with Crippen molar-refractivity contribution >= 4 is 22.3 Å². The first-order valence-electron chi connectivity index (χ1n) is 6.58. The molecule has 0 unspecified atom stereocenters. The van der Waals surface area contributed by atoms with E-state index in [0.29, 0.717) is 5.56 Å². The number of pyridine rings is 1. The fourth-order valence-corrected chi connectivity index (χ4v) is 2.78. The van der Waals surface area contributed by atoms with Gasteiger partial charge in [0.15, 0.2) is 0 Å². The van der Waals surface area contributed by atoms with E-state index in [9.17, 15) is 10.1 Å². The van der Waals surface area contributed by atoms with Crippen LogP contribution < -0.4 is 5.32 Å². The van der Waals surface area contributed by atoms with Crippen molar-refractivity contribution in [3.63, 3.8) is 0 Å². The van der Waals surface area contributed by atoms with E-state index >= 15 is 0 Å². The van der Waals surface area contributed by atoms with Gasteiger partial charge in [-0.25, -0.2) is 4.98 Å². The number of hydrogen-bond acceptors (Lipinski definition) is 4. The molecule has 1 N–H and O–H groups in total. The molecule has 3 heterocycles. The van der Waals surface area contributed by atoms with E-state index in [-0.39, 0.29) is 10.6 Å². The van der Waals surface area contributed by atoms with Crippen molar-refractivity contribution in [2.75, 3.05) is 13.1 Å². The summed E-state index contributed by atoms with van der Waals surface area (Å²) in [6.45, 7) is 3.57. The minimum Gasteiger partial charge on any atom is -0.335 e. The quantitative estimate of drug-likeness (QED) is 0.671. The third-order valence-electron chi connectivity index (χ3n) is 3.82. The molecular formula is C14H16N4O2. The number of fused-ring (bicyclic) bond motifs is 1. The number of aryl methyl sites for hydroxylation is 2. The second kappa shape index (κ2) is 4.72. The lowest BCUT2D eigenvalue weighted by atomic mass is 9.98. The van der Waals surface area contributed by atoms with Gasteiger partial charge in [-0.3, -0.25) is 10.1 Å². The Labute approximate surface area is 116 Å². The maximum atomic E-state index is 11.1. The molecule has 0 amide bonds. The summed E-state index contributed by atoms with van der Waals surface area (Å²) < 4.78 is 1.93. The second-order valence-corrected chi connectivity index (χ2v) is 5.06. The Morgan fingerprint density at radius 1 is 1.50 bits per heavy atom. The number of nitrogens with zero attached hydrogens (tertiary/aromatic N) is 3. The molecule has 0 aromatic carbocycles. The summed E-state index contributed by atoms with van der Waals surface area (Å²) in [6.07, 6.45) is 6.45. The van der Waals surface area contributed by atoms with Crippen LogP contribution in [0.15, 0.2) is 18.5 Å². The Balaban J connectivity index is 2.29. The molecule has 20 heavy (non-hydrogen) atoms. The predicted molar refractivity (Wildman–Crippen MR) is 77.6 cm³/mol. The SMILES string of the molecule is Cc1c([N+](=O)[O-])cnc2c1c(C1=CCNCC1)cn2C. The summed E-state index contributed by atoms with van der Waals surface area (Å²) in [6, 6.07) is 0. The number of rotatable bonds is 2. The first-order valence-corrected chi connectivity index (χ1v) is 6.58. The molecule has 0 fully saturated rings. The van der Waals surface area contributed by atoms with Crippen LogP contribution in [0.5, 0.6) is 0 Å². The molecule has 2 aromatic rings. The molecule has 0 saturated heterocycles. The maximum absolute atomic E-state index is 11.1. The van der Waals surface area contributed by atoms with Gasteiger partial charge in [0, 0.05) is 36.3 Å². The van der Waals surface area contributed by atoms with Gasteiger partial charge >= 0.3 is 0 Å². The normalized spacial score (nSPS) is 15.4. The zero-order valence-corrected chi connectivity index (χ0v) is 11.5. The van der Waals surface area contributed by atoms with Gasteiger partial charge in [0.25, 0.3) is 5.69 Å². The Kier molecular flexibility index (Phi) is 3.02. The highest BCUT2D eigenvalue weighted by Crippen LogP contribution is 2.34. The Bertz CT molecular complexity index is 730. The van der Waals surface area contributed by atoms with Crippen LogP contribution in [0.4, 0.5) is 5.69 Å². The van der Waals surface area contributed by atoms with Gasteiger partial charge < -0.3 is 9.88 Å². The highest BCUT2D eigenvalue weighted by atomic mass is 16.6. The molecule has 0 atom stereocenters. The van der Waals surface area contributed by atoms with Crippen molar-refractivity contribution in [2.24, 2.45) is 7.05 Å². The van der Waals surface area contributed by atoms with Gasteiger partial charge in [0.2, 0.25) is 0 Å². The number of nitro groups is 1. The van der Waals surface area contributed by atoms with Gasteiger partial charge in [-0.2, -0.15) is 0 Å². The Morgan fingerprint density at radius 3 is 2.95 bits per heavy atom. The molecule has 1 aliphatic heterocycles. The minimum absolute atomic E-state index is 0.0829. The van der Waals surface area contributed by atoms with Crippen molar-refractivity contribution in [1.82, 2.24) is 14.9 Å². The lowest BCUT2D eigenvalue weighted by Gasteiger charge is -2.13. The fraction of sp³-hybridized carbons (Fsp3) is 0.357. The van der Waals surface area contributed by atoms with E-state index < -0.39 is 0 Å². The fourth-order valence-electron chi connectivity index (χ4n) is 2.78. The van der Waals surface area contributed by atoms with Crippen LogP contribution in [0.3, 0.4) is 0 Å². The van der Waals surface area contributed by atoms with E-state index in [2.05, 4.69) is 16.4 Å². The molecule has 0 aliphatic carbocycles. The van der Waals surface area contributed by atoms with Crippen molar-refractivity contribution in [3.8, 4) is 0 Å². The zero-order valence-electron chi connectivity index (χ0n) is 11.5. The lowest BCUT2D eigenvalue weighted by Crippen LogP contribution is -2.20. The zero-order chi connectivity index (χ0) is 14.3. The molecule has 0 saturated carbocycles. The summed E-state index contributed by atoms with van der Waals surface area (Å²) >= 11 is 0. The van der Waals surface area contributed by atoms with Gasteiger partial charge in [-0.05, 0) is 25.5 Å². The molecule has 0 radical (unpaired) electrons. The van der Waals surface area contributed by atoms with Crippen LogP contribution in [0.25, 0.3) is 16.6 Å². The Hall–Kier alpha value is -2.21. The molecule has 6 heteroatoms. The summed E-state index contributed by atoms with van der Waals surface area (Å²) in [5.41, 5.74) is 3.87. The van der Waals surface area contributed by atoms with Crippen LogP contribution >= 0.6 is 0 Å². The van der Waals surface area contributed by atoms with Crippen LogP contribution in [0, 0.1) is 17.0 Å². The second-order valence-electron chi connectivity index (χ2n) is 5.06. The van der Waals surface area contributed by atoms with Gasteiger partial charge in [0.1, 0.15) is 11.8 Å². The molecule has 2 aromatic heterocycles. The number of nitrogens with one attached hydrogen (secondary N) is 1. The van der Waals surface area contributed by atoms with Crippen molar-refractivity contribution < 1.29 is 4.92 Å². The van der Waals surface area contributed by atoms with Crippen LogP contribution in [-0.2, 0) is 7.05 Å². The molecule has 3 rings (SSSR count). The van der Waals surface area contributed by atoms with E-state index in [1.54, 1.807) is 6.92 Å². The lowest BCUT2D eigenvalue weighted by molar-refractivity contribution is -0.385. The van der Waals surface area contributed by atoms with Crippen molar-refractivity contribution in [3.05, 3.63) is 39.7 Å². The summed E-state index contributed by atoms with van der Waals surface area (Å²) in [4.78, 5) is 15.0. The van der Waals surface area contributed by atoms with Crippen LogP contribution in [-0.4, -0.2) is 27.6 Å². The number of hydrogen-bond donors (Lipinski definition) is 1. The van der Waals surface area contributed by atoms with Crippen molar-refractivity contribution in [1.29, 1.82) is 0 Å².